The summed E-state index contributed by atoms with van der Waals surface area (Å²) >= 11 is 12.6. The van der Waals surface area contributed by atoms with Crippen LogP contribution < -0.4 is 4.74 Å². The molecular formula is C29H38Cl2N2O3. The van der Waals surface area contributed by atoms with Crippen LogP contribution in [0.25, 0.3) is 0 Å². The Balaban J connectivity index is 1.24. The maximum absolute atomic E-state index is 12.2. The molecule has 7 heteroatoms. The number of ether oxygens (including phenoxy) is 1. The molecule has 1 unspecified atom stereocenters. The van der Waals surface area contributed by atoms with E-state index in [9.17, 15) is 9.90 Å². The van der Waals surface area contributed by atoms with Gasteiger partial charge in [0.25, 0.3) is 0 Å². The minimum atomic E-state index is -0.722. The van der Waals surface area contributed by atoms with Crippen molar-refractivity contribution in [2.24, 2.45) is 5.92 Å². The lowest BCUT2D eigenvalue weighted by atomic mass is 9.88. The fourth-order valence-electron chi connectivity index (χ4n) is 5.81. The number of hydrogen-bond donors (Lipinski definition) is 1. The Labute approximate surface area is 225 Å². The highest BCUT2D eigenvalue weighted by Crippen LogP contribution is 2.35. The number of likely N-dealkylation sites (tertiary alicyclic amines) is 2. The molecule has 2 aromatic rings. The minimum Gasteiger partial charge on any atom is -0.490 e. The third-order valence-corrected chi connectivity index (χ3v) is 8.79. The largest absolute Gasteiger partial charge is 0.490 e. The lowest BCUT2D eigenvalue weighted by molar-refractivity contribution is -0.144. The molecule has 2 atom stereocenters. The summed E-state index contributed by atoms with van der Waals surface area (Å²) in [5, 5.41) is 11.2. The average molecular weight is 534 g/mol. The highest BCUT2D eigenvalue weighted by molar-refractivity contribution is 6.42. The second-order valence-corrected chi connectivity index (χ2v) is 11.1. The first kappa shape index (κ1) is 27.3. The van der Waals surface area contributed by atoms with Crippen LogP contribution in [0.4, 0.5) is 0 Å². The molecule has 2 fully saturated rings. The molecule has 0 saturated carbocycles. The van der Waals surface area contributed by atoms with Crippen LogP contribution in [-0.2, 0) is 11.2 Å². The summed E-state index contributed by atoms with van der Waals surface area (Å²) in [7, 11) is 0. The van der Waals surface area contributed by atoms with E-state index in [2.05, 4.69) is 16.7 Å². The van der Waals surface area contributed by atoms with Gasteiger partial charge in [-0.2, -0.15) is 0 Å². The van der Waals surface area contributed by atoms with Gasteiger partial charge in [-0.05, 0) is 68.8 Å². The van der Waals surface area contributed by atoms with E-state index in [1.165, 1.54) is 0 Å². The van der Waals surface area contributed by atoms with Crippen LogP contribution >= 0.6 is 23.2 Å². The van der Waals surface area contributed by atoms with E-state index in [1.54, 1.807) is 0 Å². The molecule has 0 aromatic heterocycles. The predicted octanol–water partition coefficient (Wildman–Crippen LogP) is 6.37. The summed E-state index contributed by atoms with van der Waals surface area (Å²) in [6.45, 7) is 8.92. The van der Waals surface area contributed by atoms with E-state index in [-0.39, 0.29) is 12.0 Å². The Kier molecular flexibility index (Phi) is 9.57. The zero-order valence-corrected chi connectivity index (χ0v) is 22.8. The lowest BCUT2D eigenvalue weighted by Gasteiger charge is -2.40. The van der Waals surface area contributed by atoms with Gasteiger partial charge in [-0.3, -0.25) is 9.69 Å². The molecule has 2 aliphatic rings. The molecule has 0 radical (unpaired) electrons. The standard InChI is InChI=1S/C29H38Cl2N2O3/c1-3-24-26(10-9-25(30)27(24)31)36-23-13-15-32(16-14-23)19-21-11-17-33(18-12-21)28(29(34)35)20(2)22-7-5-4-6-8-22/h4-10,20-21,23,28H,3,11-19H2,1-2H3,(H,34,35)/t20?,28-/m0/s1. The van der Waals surface area contributed by atoms with Crippen molar-refractivity contribution < 1.29 is 14.6 Å². The summed E-state index contributed by atoms with van der Waals surface area (Å²) in [6.07, 6.45) is 5.08. The zero-order chi connectivity index (χ0) is 25.7. The summed E-state index contributed by atoms with van der Waals surface area (Å²) in [5.74, 6) is 0.709. The fourth-order valence-corrected chi connectivity index (χ4v) is 6.27. The van der Waals surface area contributed by atoms with Gasteiger partial charge in [-0.15, -0.1) is 0 Å². The Morgan fingerprint density at radius 3 is 2.31 bits per heavy atom. The molecule has 1 N–H and O–H groups in total. The first-order chi connectivity index (χ1) is 17.4. The van der Waals surface area contributed by atoms with Gasteiger partial charge >= 0.3 is 5.97 Å². The van der Waals surface area contributed by atoms with Crippen molar-refractivity contribution in [2.45, 2.75) is 64.0 Å². The van der Waals surface area contributed by atoms with Crippen LogP contribution in [-0.4, -0.2) is 65.7 Å². The van der Waals surface area contributed by atoms with Gasteiger partial charge in [-0.1, -0.05) is 67.4 Å². The van der Waals surface area contributed by atoms with Crippen LogP contribution in [0.15, 0.2) is 42.5 Å². The highest BCUT2D eigenvalue weighted by Gasteiger charge is 2.35. The molecule has 5 nitrogen and oxygen atoms in total. The second kappa shape index (κ2) is 12.6. The van der Waals surface area contributed by atoms with Crippen molar-refractivity contribution in [3.8, 4) is 5.75 Å². The number of hydrogen-bond acceptors (Lipinski definition) is 4. The predicted molar refractivity (Wildman–Crippen MR) is 147 cm³/mol. The van der Waals surface area contributed by atoms with Crippen LogP contribution in [0.3, 0.4) is 0 Å². The zero-order valence-electron chi connectivity index (χ0n) is 21.3. The van der Waals surface area contributed by atoms with Crippen LogP contribution in [0.2, 0.25) is 10.0 Å². The van der Waals surface area contributed by atoms with Gasteiger partial charge in [0.05, 0.1) is 10.0 Å². The van der Waals surface area contributed by atoms with Gasteiger partial charge in [0.1, 0.15) is 17.9 Å². The summed E-state index contributed by atoms with van der Waals surface area (Å²) in [5.41, 5.74) is 2.07. The summed E-state index contributed by atoms with van der Waals surface area (Å²) in [6, 6.07) is 13.3. The van der Waals surface area contributed by atoms with E-state index >= 15 is 0 Å². The first-order valence-electron chi connectivity index (χ1n) is 13.2. The van der Waals surface area contributed by atoms with Crippen molar-refractivity contribution in [3.05, 3.63) is 63.6 Å². The number of halogens is 2. The highest BCUT2D eigenvalue weighted by atomic mass is 35.5. The molecule has 0 amide bonds. The Morgan fingerprint density at radius 2 is 1.69 bits per heavy atom. The summed E-state index contributed by atoms with van der Waals surface area (Å²) < 4.78 is 6.34. The molecule has 0 aliphatic carbocycles. The third kappa shape index (κ3) is 6.55. The molecular weight excluding hydrogens is 495 g/mol. The van der Waals surface area contributed by atoms with Crippen LogP contribution in [0.1, 0.15) is 56.6 Å². The number of aliphatic carboxylic acids is 1. The third-order valence-electron chi connectivity index (χ3n) is 7.95. The molecule has 2 aliphatic heterocycles. The molecule has 4 rings (SSSR count). The molecule has 2 heterocycles. The molecule has 2 saturated heterocycles. The number of carboxylic acids is 1. The number of carbonyl (C=O) groups is 1. The van der Waals surface area contributed by atoms with Crippen molar-refractivity contribution in [1.82, 2.24) is 9.80 Å². The summed E-state index contributed by atoms with van der Waals surface area (Å²) in [4.78, 5) is 16.9. The van der Waals surface area contributed by atoms with E-state index < -0.39 is 12.0 Å². The maximum Gasteiger partial charge on any atom is 0.321 e. The van der Waals surface area contributed by atoms with Crippen LogP contribution in [0.5, 0.6) is 5.75 Å². The number of nitrogens with zero attached hydrogens (tertiary/aromatic N) is 2. The van der Waals surface area contributed by atoms with Gasteiger partial charge in [0.2, 0.25) is 0 Å². The molecule has 2 aromatic carbocycles. The fraction of sp³-hybridized carbons (Fsp3) is 0.552. The Morgan fingerprint density at radius 1 is 1.03 bits per heavy atom. The van der Waals surface area contributed by atoms with Crippen LogP contribution in [0, 0.1) is 5.92 Å². The molecule has 0 spiro atoms. The number of benzene rings is 2. The molecule has 36 heavy (non-hydrogen) atoms. The smallest absolute Gasteiger partial charge is 0.321 e. The number of carboxylic acid groups (broad SMARTS) is 1. The SMILES string of the molecule is CCc1c(OC2CCN(CC3CCN([C@H](C(=O)O)C(C)c4ccccc4)CC3)CC2)ccc(Cl)c1Cl. The van der Waals surface area contributed by atoms with Gasteiger partial charge < -0.3 is 14.7 Å². The van der Waals surface area contributed by atoms with E-state index in [4.69, 9.17) is 27.9 Å². The van der Waals surface area contributed by atoms with Crippen molar-refractivity contribution in [1.29, 1.82) is 0 Å². The van der Waals surface area contributed by atoms with Gasteiger partial charge in [0, 0.05) is 31.1 Å². The van der Waals surface area contributed by atoms with Gasteiger partial charge in [0.15, 0.2) is 0 Å². The monoisotopic (exact) mass is 532 g/mol. The topological polar surface area (TPSA) is 53.0 Å². The maximum atomic E-state index is 12.2. The molecule has 0 bridgehead atoms. The molecule has 196 valence electrons. The second-order valence-electron chi connectivity index (χ2n) is 10.3. The minimum absolute atomic E-state index is 0.0389. The van der Waals surface area contributed by atoms with E-state index in [0.717, 1.165) is 81.7 Å². The number of rotatable bonds is 9. The van der Waals surface area contributed by atoms with E-state index in [1.807, 2.05) is 49.4 Å². The normalized spacial score (nSPS) is 20.2. The lowest BCUT2D eigenvalue weighted by Crippen LogP contribution is -2.49. The Bertz CT molecular complexity index is 1000. The van der Waals surface area contributed by atoms with Crippen molar-refractivity contribution >= 4 is 29.2 Å². The Hall–Kier alpha value is -1.79. The average Bonchev–Trinajstić information content (AvgIpc) is 2.89. The quantitative estimate of drug-likeness (QED) is 0.406. The van der Waals surface area contributed by atoms with E-state index in [0.29, 0.717) is 16.0 Å². The number of piperidine rings is 2. The van der Waals surface area contributed by atoms with Crippen molar-refractivity contribution in [2.75, 3.05) is 32.7 Å². The van der Waals surface area contributed by atoms with Gasteiger partial charge in [-0.25, -0.2) is 0 Å². The first-order valence-corrected chi connectivity index (χ1v) is 14.0. The van der Waals surface area contributed by atoms with Crippen molar-refractivity contribution in [3.63, 3.8) is 0 Å².